The van der Waals surface area contributed by atoms with Crippen LogP contribution in [0.15, 0.2) is 0 Å². The van der Waals surface area contributed by atoms with Crippen LogP contribution in [-0.4, -0.2) is 34.4 Å². The van der Waals surface area contributed by atoms with E-state index in [0.29, 0.717) is 0 Å². The Kier molecular flexibility index (Phi) is 4.96. The van der Waals surface area contributed by atoms with Crippen LogP contribution in [0, 0.1) is 0 Å². The first kappa shape index (κ1) is 11.5. The van der Waals surface area contributed by atoms with Crippen LogP contribution in [-0.2, 0) is 9.59 Å². The summed E-state index contributed by atoms with van der Waals surface area (Å²) in [5.74, 6) is -1.86. The quantitative estimate of drug-likeness (QED) is 0.541. The van der Waals surface area contributed by atoms with Crippen LogP contribution in [0.3, 0.4) is 0 Å². The molecule has 5 nitrogen and oxygen atoms in total. The van der Waals surface area contributed by atoms with Crippen molar-refractivity contribution in [2.45, 2.75) is 10.9 Å². The van der Waals surface area contributed by atoms with Gasteiger partial charge in [0.25, 0.3) is 5.91 Å². The van der Waals surface area contributed by atoms with Gasteiger partial charge in [0, 0.05) is 6.54 Å². The first-order chi connectivity index (χ1) is 5.45. The number of carboxylic acids is 1. The summed E-state index contributed by atoms with van der Waals surface area (Å²) in [6.45, 7) is -0.190. The van der Waals surface area contributed by atoms with Gasteiger partial charge in [0.05, 0.1) is 0 Å². The van der Waals surface area contributed by atoms with E-state index in [2.05, 4.69) is 5.32 Å². The van der Waals surface area contributed by atoms with Gasteiger partial charge < -0.3 is 16.2 Å². The molecule has 0 unspecified atom stereocenters. The van der Waals surface area contributed by atoms with Crippen molar-refractivity contribution < 1.29 is 14.7 Å². The fourth-order valence-corrected chi connectivity index (χ4v) is 0.529. The Morgan fingerprint density at radius 2 is 2.00 bits per heavy atom. The summed E-state index contributed by atoms with van der Waals surface area (Å²) in [6, 6.07) is -1.14. The zero-order valence-corrected chi connectivity index (χ0v) is 7.47. The minimum Gasteiger partial charge on any atom is -0.480 e. The van der Waals surface area contributed by atoms with Crippen molar-refractivity contribution in [2.75, 3.05) is 6.54 Å². The summed E-state index contributed by atoms with van der Waals surface area (Å²) in [5.41, 5.74) is 5.06. The highest BCUT2D eigenvalue weighted by Gasteiger charge is 2.15. The van der Waals surface area contributed by atoms with Gasteiger partial charge >= 0.3 is 5.97 Å². The Hall–Kier alpha value is -0.520. The monoisotopic (exact) mass is 214 g/mol. The fraction of sp³-hybridized carbons (Fsp3) is 0.600. The number of carboxylic acid groups (broad SMARTS) is 1. The molecule has 0 saturated carbocycles. The third-order valence-electron chi connectivity index (χ3n) is 1.01. The number of carbonyl (C=O) groups is 2. The van der Waals surface area contributed by atoms with Crippen molar-refractivity contribution in [2.24, 2.45) is 5.73 Å². The molecule has 0 saturated heterocycles. The van der Waals surface area contributed by atoms with Crippen LogP contribution >= 0.6 is 23.2 Å². The molecule has 0 aromatic carbocycles. The number of carbonyl (C=O) groups excluding carboxylic acids is 1. The molecule has 0 aliphatic carbocycles. The molecule has 0 aromatic heterocycles. The topological polar surface area (TPSA) is 92.4 Å². The van der Waals surface area contributed by atoms with Gasteiger partial charge in [0.15, 0.2) is 4.84 Å². The van der Waals surface area contributed by atoms with Gasteiger partial charge in [-0.15, -0.1) is 0 Å². The number of nitrogens with two attached hydrogens (primary N) is 1. The number of rotatable bonds is 4. The second-order valence-electron chi connectivity index (χ2n) is 1.99. The summed E-state index contributed by atoms with van der Waals surface area (Å²) < 4.78 is 0. The van der Waals surface area contributed by atoms with Crippen molar-refractivity contribution in [1.29, 1.82) is 0 Å². The van der Waals surface area contributed by atoms with E-state index >= 15 is 0 Å². The van der Waals surface area contributed by atoms with Gasteiger partial charge in [-0.2, -0.15) is 0 Å². The predicted octanol–water partition coefficient (Wildman–Crippen LogP) is -0.682. The third-order valence-corrected chi connectivity index (χ3v) is 1.41. The van der Waals surface area contributed by atoms with Crippen LogP contribution < -0.4 is 11.1 Å². The van der Waals surface area contributed by atoms with E-state index < -0.39 is 22.8 Å². The first-order valence-electron chi connectivity index (χ1n) is 2.99. The van der Waals surface area contributed by atoms with Crippen LogP contribution in [0.25, 0.3) is 0 Å². The van der Waals surface area contributed by atoms with E-state index in [1.807, 2.05) is 0 Å². The summed E-state index contributed by atoms with van der Waals surface area (Å²) in [7, 11) is 0. The number of halogens is 2. The van der Waals surface area contributed by atoms with Crippen molar-refractivity contribution in [1.82, 2.24) is 5.32 Å². The molecular weight excluding hydrogens is 207 g/mol. The number of hydrogen-bond acceptors (Lipinski definition) is 3. The summed E-state index contributed by atoms with van der Waals surface area (Å²) in [4.78, 5) is 19.6. The first-order valence-corrected chi connectivity index (χ1v) is 3.86. The Morgan fingerprint density at radius 1 is 1.50 bits per heavy atom. The maximum Gasteiger partial charge on any atom is 0.322 e. The van der Waals surface area contributed by atoms with Gasteiger partial charge in [0.1, 0.15) is 6.04 Å². The summed E-state index contributed by atoms with van der Waals surface area (Å²) >= 11 is 10.3. The van der Waals surface area contributed by atoms with E-state index in [0.717, 1.165) is 0 Å². The number of hydrogen-bond donors (Lipinski definition) is 3. The van der Waals surface area contributed by atoms with Crippen LogP contribution in [0.2, 0.25) is 0 Å². The highest BCUT2D eigenvalue weighted by Crippen LogP contribution is 1.99. The second kappa shape index (κ2) is 5.18. The smallest absolute Gasteiger partial charge is 0.322 e. The van der Waals surface area contributed by atoms with Crippen molar-refractivity contribution in [3.8, 4) is 0 Å². The molecule has 1 atom stereocenters. The molecule has 0 radical (unpaired) electrons. The molecule has 0 fully saturated rings. The van der Waals surface area contributed by atoms with Crippen LogP contribution in [0.1, 0.15) is 0 Å². The molecule has 70 valence electrons. The van der Waals surface area contributed by atoms with Gasteiger partial charge in [-0.25, -0.2) is 0 Å². The Balaban J connectivity index is 3.69. The molecule has 0 heterocycles. The lowest BCUT2D eigenvalue weighted by atomic mass is 10.3. The summed E-state index contributed by atoms with van der Waals surface area (Å²) in [5, 5.41) is 10.4. The fourth-order valence-electron chi connectivity index (χ4n) is 0.375. The molecule has 0 spiro atoms. The van der Waals surface area contributed by atoms with E-state index in [-0.39, 0.29) is 6.54 Å². The van der Waals surface area contributed by atoms with E-state index in [4.69, 9.17) is 34.0 Å². The van der Waals surface area contributed by atoms with E-state index in [1.165, 1.54) is 0 Å². The zero-order valence-electron chi connectivity index (χ0n) is 5.96. The highest BCUT2D eigenvalue weighted by molar-refractivity contribution is 6.53. The molecule has 12 heavy (non-hydrogen) atoms. The van der Waals surface area contributed by atoms with E-state index in [1.54, 1.807) is 0 Å². The Bertz CT molecular complexity index is 186. The van der Waals surface area contributed by atoms with Gasteiger partial charge in [-0.1, -0.05) is 23.2 Å². The number of amides is 1. The highest BCUT2D eigenvalue weighted by atomic mass is 35.5. The SMILES string of the molecule is N[C@@H](CNC(=O)C(Cl)Cl)C(=O)O. The van der Waals surface area contributed by atoms with Crippen LogP contribution in [0.4, 0.5) is 0 Å². The maximum absolute atomic E-state index is 10.6. The van der Waals surface area contributed by atoms with E-state index in [9.17, 15) is 9.59 Å². The third kappa shape index (κ3) is 4.38. The minimum absolute atomic E-state index is 0.190. The average molecular weight is 215 g/mol. The normalized spacial score (nSPS) is 12.7. The summed E-state index contributed by atoms with van der Waals surface area (Å²) in [6.07, 6.45) is 0. The van der Waals surface area contributed by atoms with Gasteiger partial charge in [-0.05, 0) is 0 Å². The molecule has 0 aromatic rings. The maximum atomic E-state index is 10.6. The number of alkyl halides is 2. The molecule has 4 N–H and O–H groups in total. The Labute approximate surface area is 78.8 Å². The molecule has 0 bridgehead atoms. The molecule has 7 heteroatoms. The standard InChI is InChI=1S/C5H8Cl2N2O3/c6-3(7)4(10)9-1-2(8)5(11)12/h2-3H,1,8H2,(H,9,10)(H,11,12)/t2-/m0/s1. The molecule has 0 rings (SSSR count). The lowest BCUT2D eigenvalue weighted by Crippen LogP contribution is -2.43. The predicted molar refractivity (Wildman–Crippen MR) is 44.1 cm³/mol. The Morgan fingerprint density at radius 3 is 2.33 bits per heavy atom. The van der Waals surface area contributed by atoms with Gasteiger partial charge in [-0.3, -0.25) is 9.59 Å². The number of nitrogens with one attached hydrogen (secondary N) is 1. The number of aliphatic carboxylic acids is 1. The van der Waals surface area contributed by atoms with Crippen LogP contribution in [0.5, 0.6) is 0 Å². The van der Waals surface area contributed by atoms with Crippen molar-refractivity contribution in [3.05, 3.63) is 0 Å². The molecular formula is C5H8Cl2N2O3. The molecule has 0 aliphatic rings. The lowest BCUT2D eigenvalue weighted by Gasteiger charge is -2.08. The molecule has 1 amide bonds. The largest absolute Gasteiger partial charge is 0.480 e. The van der Waals surface area contributed by atoms with Crippen molar-refractivity contribution in [3.63, 3.8) is 0 Å². The van der Waals surface area contributed by atoms with Gasteiger partial charge in [0.2, 0.25) is 0 Å². The minimum atomic E-state index is -1.20. The second-order valence-corrected chi connectivity index (χ2v) is 3.09. The zero-order chi connectivity index (χ0) is 9.72. The lowest BCUT2D eigenvalue weighted by molar-refractivity contribution is -0.138. The average Bonchev–Trinajstić information content (AvgIpc) is 1.98. The van der Waals surface area contributed by atoms with Crippen molar-refractivity contribution >= 4 is 35.1 Å². The molecule has 0 aliphatic heterocycles.